The Kier molecular flexibility index (Phi) is 6.49. The maximum absolute atomic E-state index is 11.2. The molecule has 19 heavy (non-hydrogen) atoms. The first-order valence-electron chi connectivity index (χ1n) is 7.54. The molecule has 2 N–H and O–H groups in total. The van der Waals surface area contributed by atoms with E-state index in [4.69, 9.17) is 4.43 Å². The summed E-state index contributed by atoms with van der Waals surface area (Å²) >= 11 is 0. The van der Waals surface area contributed by atoms with Gasteiger partial charge in [-0.1, -0.05) is 19.8 Å². The molecular weight excluding hydrogens is 256 g/mol. The van der Waals surface area contributed by atoms with Crippen LogP contribution >= 0.6 is 0 Å². The van der Waals surface area contributed by atoms with E-state index in [9.17, 15) is 4.79 Å². The van der Waals surface area contributed by atoms with Crippen molar-refractivity contribution in [3.63, 3.8) is 0 Å². The van der Waals surface area contributed by atoms with Gasteiger partial charge in [0.15, 0.2) is 8.32 Å². The molecule has 112 valence electrons. The molecule has 0 unspecified atom stereocenters. The largest absolute Gasteiger partial charge is 0.410 e. The molecule has 0 aliphatic carbocycles. The Labute approximate surface area is 118 Å². The van der Waals surface area contributed by atoms with Crippen molar-refractivity contribution in [2.75, 3.05) is 19.6 Å². The first-order chi connectivity index (χ1) is 8.89. The summed E-state index contributed by atoms with van der Waals surface area (Å²) in [7, 11) is -1.64. The molecule has 1 amide bonds. The van der Waals surface area contributed by atoms with Crippen molar-refractivity contribution < 1.29 is 9.22 Å². The lowest BCUT2D eigenvalue weighted by Crippen LogP contribution is -2.55. The van der Waals surface area contributed by atoms with Crippen molar-refractivity contribution in [2.45, 2.75) is 64.3 Å². The predicted molar refractivity (Wildman–Crippen MR) is 81.8 cm³/mol. The molecule has 0 aromatic heterocycles. The van der Waals surface area contributed by atoms with Crippen molar-refractivity contribution in [2.24, 2.45) is 0 Å². The summed E-state index contributed by atoms with van der Waals surface area (Å²) in [5.74, 6) is 0.0366. The molecule has 1 aliphatic heterocycles. The van der Waals surface area contributed by atoms with Gasteiger partial charge in [-0.05, 0) is 45.1 Å². The van der Waals surface area contributed by atoms with Crippen molar-refractivity contribution in [3.05, 3.63) is 0 Å². The molecule has 1 aliphatic rings. The van der Waals surface area contributed by atoms with Crippen molar-refractivity contribution in [1.82, 2.24) is 10.6 Å². The van der Waals surface area contributed by atoms with E-state index in [1.54, 1.807) is 6.92 Å². The van der Waals surface area contributed by atoms with Crippen LogP contribution in [-0.4, -0.2) is 39.5 Å². The third-order valence-electron chi connectivity index (χ3n) is 3.80. The minimum absolute atomic E-state index is 0.0366. The summed E-state index contributed by atoms with van der Waals surface area (Å²) in [5.41, 5.74) is -0.139. The molecule has 0 saturated carbocycles. The van der Waals surface area contributed by atoms with E-state index in [1.807, 2.05) is 0 Å². The highest BCUT2D eigenvalue weighted by Gasteiger charge is 2.38. The average molecular weight is 286 g/mol. The number of piperidine rings is 1. The van der Waals surface area contributed by atoms with Gasteiger partial charge in [-0.25, -0.2) is 0 Å². The first-order valence-corrected chi connectivity index (χ1v) is 10.7. The van der Waals surface area contributed by atoms with Gasteiger partial charge in [-0.15, -0.1) is 0 Å². The minimum Gasteiger partial charge on any atom is -0.410 e. The summed E-state index contributed by atoms with van der Waals surface area (Å²) < 4.78 is 6.60. The van der Waals surface area contributed by atoms with Gasteiger partial charge in [-0.3, -0.25) is 4.79 Å². The number of carbonyl (C=O) groups excluding carboxylic acids is 1. The van der Waals surface area contributed by atoms with Crippen LogP contribution in [0.4, 0.5) is 0 Å². The van der Waals surface area contributed by atoms with Crippen LogP contribution in [0.2, 0.25) is 19.1 Å². The zero-order chi connectivity index (χ0) is 14.4. The molecule has 1 saturated heterocycles. The zero-order valence-corrected chi connectivity index (χ0v) is 14.0. The molecule has 5 heteroatoms. The van der Waals surface area contributed by atoms with Crippen LogP contribution in [-0.2, 0) is 9.22 Å². The predicted octanol–water partition coefficient (Wildman–Crippen LogP) is 2.27. The van der Waals surface area contributed by atoms with Gasteiger partial charge in [0.25, 0.3) is 0 Å². The van der Waals surface area contributed by atoms with Gasteiger partial charge in [0, 0.05) is 13.5 Å². The fraction of sp³-hybridized carbons (Fsp3) is 0.929. The highest BCUT2D eigenvalue weighted by molar-refractivity contribution is 6.71. The topological polar surface area (TPSA) is 50.4 Å². The maximum Gasteiger partial charge on any atom is 0.216 e. The van der Waals surface area contributed by atoms with E-state index in [0.29, 0.717) is 6.54 Å². The normalized spacial score (nSPS) is 19.2. The summed E-state index contributed by atoms with van der Waals surface area (Å²) in [6.45, 7) is 11.0. The molecule has 0 aromatic rings. The molecule has 1 rings (SSSR count). The Morgan fingerprint density at radius 1 is 1.37 bits per heavy atom. The molecule has 0 spiro atoms. The van der Waals surface area contributed by atoms with Gasteiger partial charge in [0.05, 0.1) is 5.60 Å². The third kappa shape index (κ3) is 6.06. The first kappa shape index (κ1) is 16.7. The molecule has 1 fully saturated rings. The van der Waals surface area contributed by atoms with Crippen molar-refractivity contribution in [1.29, 1.82) is 0 Å². The van der Waals surface area contributed by atoms with E-state index in [-0.39, 0.29) is 11.5 Å². The van der Waals surface area contributed by atoms with Crippen LogP contribution in [0.1, 0.15) is 39.5 Å². The Morgan fingerprint density at radius 2 is 2.00 bits per heavy atom. The highest BCUT2D eigenvalue weighted by Crippen LogP contribution is 2.29. The molecule has 0 atom stereocenters. The van der Waals surface area contributed by atoms with Crippen LogP contribution in [0, 0.1) is 0 Å². The quantitative estimate of drug-likeness (QED) is 0.706. The number of hydrogen-bond donors (Lipinski definition) is 2. The second-order valence-corrected chi connectivity index (χ2v) is 10.5. The highest BCUT2D eigenvalue weighted by atomic mass is 28.4. The van der Waals surface area contributed by atoms with E-state index >= 15 is 0 Å². The van der Waals surface area contributed by atoms with Gasteiger partial charge in [0.1, 0.15) is 0 Å². The Morgan fingerprint density at radius 3 is 2.53 bits per heavy atom. The fourth-order valence-corrected chi connectivity index (χ4v) is 5.48. The Balaban J connectivity index is 2.64. The number of carbonyl (C=O) groups is 1. The number of amides is 1. The number of nitrogens with one attached hydrogen (secondary N) is 2. The summed E-state index contributed by atoms with van der Waals surface area (Å²) in [6, 6.07) is 1.21. The molecule has 0 aromatic carbocycles. The van der Waals surface area contributed by atoms with Gasteiger partial charge in [0.2, 0.25) is 5.91 Å². The SMILES string of the molecule is CCCC[Si](C)(C)OC1(CNC(C)=O)CCNCC1. The number of rotatable bonds is 7. The molecule has 1 heterocycles. The zero-order valence-electron chi connectivity index (χ0n) is 13.0. The van der Waals surface area contributed by atoms with Crippen LogP contribution in [0.15, 0.2) is 0 Å². The average Bonchev–Trinajstić information content (AvgIpc) is 2.35. The Bertz CT molecular complexity index is 289. The smallest absolute Gasteiger partial charge is 0.216 e. The fourth-order valence-electron chi connectivity index (χ4n) is 2.72. The van der Waals surface area contributed by atoms with Crippen molar-refractivity contribution in [3.8, 4) is 0 Å². The lowest BCUT2D eigenvalue weighted by molar-refractivity contribution is -0.120. The van der Waals surface area contributed by atoms with E-state index in [1.165, 1.54) is 18.9 Å². The summed E-state index contributed by atoms with van der Waals surface area (Å²) in [4.78, 5) is 11.2. The summed E-state index contributed by atoms with van der Waals surface area (Å²) in [5, 5.41) is 6.34. The maximum atomic E-state index is 11.2. The number of unbranched alkanes of at least 4 members (excludes halogenated alkanes) is 1. The molecular formula is C14H30N2O2Si. The van der Waals surface area contributed by atoms with E-state index < -0.39 is 8.32 Å². The standard InChI is InChI=1S/C14H30N2O2Si/c1-5-6-11-19(3,4)18-14(12-16-13(2)17)7-9-15-10-8-14/h15H,5-12H2,1-4H3,(H,16,17). The summed E-state index contributed by atoms with van der Waals surface area (Å²) in [6.07, 6.45) is 4.46. The van der Waals surface area contributed by atoms with Gasteiger partial charge >= 0.3 is 0 Å². The van der Waals surface area contributed by atoms with Crippen LogP contribution in [0.3, 0.4) is 0 Å². The lowest BCUT2D eigenvalue weighted by Gasteiger charge is -2.43. The van der Waals surface area contributed by atoms with Crippen LogP contribution in [0.25, 0.3) is 0 Å². The lowest BCUT2D eigenvalue weighted by atomic mass is 9.92. The minimum atomic E-state index is -1.64. The van der Waals surface area contributed by atoms with Gasteiger partial charge < -0.3 is 15.1 Å². The molecule has 4 nitrogen and oxygen atoms in total. The molecule has 0 bridgehead atoms. The van der Waals surface area contributed by atoms with E-state index in [0.717, 1.165) is 25.9 Å². The Hall–Kier alpha value is -0.393. The van der Waals surface area contributed by atoms with Crippen LogP contribution < -0.4 is 10.6 Å². The monoisotopic (exact) mass is 286 g/mol. The second kappa shape index (κ2) is 7.41. The second-order valence-electron chi connectivity index (χ2n) is 6.31. The third-order valence-corrected chi connectivity index (χ3v) is 6.34. The van der Waals surface area contributed by atoms with E-state index in [2.05, 4.69) is 30.7 Å². The number of hydrogen-bond acceptors (Lipinski definition) is 3. The van der Waals surface area contributed by atoms with Gasteiger partial charge in [-0.2, -0.15) is 0 Å². The van der Waals surface area contributed by atoms with Crippen molar-refractivity contribution >= 4 is 14.2 Å². The van der Waals surface area contributed by atoms with Crippen LogP contribution in [0.5, 0.6) is 0 Å². The molecule has 0 radical (unpaired) electrons.